The van der Waals surface area contributed by atoms with Crippen molar-refractivity contribution in [1.29, 1.82) is 0 Å². The van der Waals surface area contributed by atoms with Crippen LogP contribution in [0, 0.1) is 0 Å². The highest BCUT2D eigenvalue weighted by Crippen LogP contribution is 2.32. The Morgan fingerprint density at radius 1 is 1.35 bits per heavy atom. The maximum absolute atomic E-state index is 11.9. The van der Waals surface area contributed by atoms with E-state index in [0.29, 0.717) is 5.58 Å². The van der Waals surface area contributed by atoms with Crippen molar-refractivity contribution in [3.8, 4) is 0 Å². The highest BCUT2D eigenvalue weighted by Gasteiger charge is 2.19. The second-order valence-electron chi connectivity index (χ2n) is 6.09. The Balaban J connectivity index is 2.06. The third-order valence-electron chi connectivity index (χ3n) is 4.47. The molecule has 1 aromatic heterocycles. The maximum Gasteiger partial charge on any atom is 0.336 e. The zero-order valence-corrected chi connectivity index (χ0v) is 14.5. The van der Waals surface area contributed by atoms with Gasteiger partial charge in [-0.05, 0) is 62.2 Å². The van der Waals surface area contributed by atoms with Gasteiger partial charge < -0.3 is 14.6 Å². The predicted octanol–water partition coefficient (Wildman–Crippen LogP) is 2.63. The third-order valence-corrected chi connectivity index (χ3v) is 4.79. The van der Waals surface area contributed by atoms with Crippen molar-refractivity contribution >= 4 is 29.3 Å². The molecule has 1 N–H and O–H groups in total. The largest absolute Gasteiger partial charge is 0.423 e. The van der Waals surface area contributed by atoms with E-state index >= 15 is 0 Å². The molecule has 0 saturated carbocycles. The SMILES string of the molecule is CNCCc1cc(=O)oc2cc3c(cc12)CCCN3CCCS. The molecule has 0 bridgehead atoms. The average molecular weight is 332 g/mol. The van der Waals surface area contributed by atoms with Crippen LogP contribution >= 0.6 is 12.6 Å². The number of hydrogen-bond acceptors (Lipinski definition) is 5. The lowest BCUT2D eigenvalue weighted by Crippen LogP contribution is -2.30. The lowest BCUT2D eigenvalue weighted by molar-refractivity contribution is 0.557. The summed E-state index contributed by atoms with van der Waals surface area (Å²) in [7, 11) is 1.93. The molecule has 0 amide bonds. The van der Waals surface area contributed by atoms with Gasteiger partial charge in [-0.1, -0.05) is 0 Å². The van der Waals surface area contributed by atoms with Gasteiger partial charge in [0.2, 0.25) is 0 Å². The van der Waals surface area contributed by atoms with Gasteiger partial charge >= 0.3 is 5.63 Å². The van der Waals surface area contributed by atoms with E-state index in [1.165, 1.54) is 17.7 Å². The van der Waals surface area contributed by atoms with Gasteiger partial charge in [0.05, 0.1) is 0 Å². The van der Waals surface area contributed by atoms with Crippen molar-refractivity contribution < 1.29 is 4.42 Å². The molecule has 3 rings (SSSR count). The Labute approximate surface area is 142 Å². The Kier molecular flexibility index (Phi) is 5.28. The molecule has 124 valence electrons. The van der Waals surface area contributed by atoms with Crippen LogP contribution < -0.4 is 15.8 Å². The summed E-state index contributed by atoms with van der Waals surface area (Å²) in [5.74, 6) is 0.892. The summed E-state index contributed by atoms with van der Waals surface area (Å²) < 4.78 is 5.48. The van der Waals surface area contributed by atoms with Gasteiger partial charge in [-0.2, -0.15) is 12.6 Å². The Morgan fingerprint density at radius 2 is 2.22 bits per heavy atom. The minimum Gasteiger partial charge on any atom is -0.423 e. The van der Waals surface area contributed by atoms with Crippen molar-refractivity contribution in [3.63, 3.8) is 0 Å². The van der Waals surface area contributed by atoms with Crippen LogP contribution in [0.2, 0.25) is 0 Å². The van der Waals surface area contributed by atoms with E-state index in [1.807, 2.05) is 7.05 Å². The van der Waals surface area contributed by atoms with Crippen LogP contribution in [0.3, 0.4) is 0 Å². The fourth-order valence-corrected chi connectivity index (χ4v) is 3.48. The zero-order valence-electron chi connectivity index (χ0n) is 13.6. The molecular formula is C18H24N2O2S. The first-order valence-corrected chi connectivity index (χ1v) is 8.96. The zero-order chi connectivity index (χ0) is 16.2. The summed E-state index contributed by atoms with van der Waals surface area (Å²) in [6.45, 7) is 2.92. The molecule has 1 aliphatic heterocycles. The second kappa shape index (κ2) is 7.41. The van der Waals surface area contributed by atoms with Gasteiger partial charge in [-0.3, -0.25) is 0 Å². The first-order valence-electron chi connectivity index (χ1n) is 8.33. The number of nitrogens with one attached hydrogen (secondary N) is 1. The molecule has 2 heterocycles. The van der Waals surface area contributed by atoms with Crippen LogP contribution in [0.1, 0.15) is 24.0 Å². The molecule has 0 atom stereocenters. The molecule has 0 fully saturated rings. The number of benzene rings is 1. The number of aryl methyl sites for hydroxylation is 1. The fraction of sp³-hybridized carbons (Fsp3) is 0.500. The normalized spacial score (nSPS) is 14.3. The van der Waals surface area contributed by atoms with Gasteiger partial charge in [0, 0.05) is 36.3 Å². The second-order valence-corrected chi connectivity index (χ2v) is 6.54. The molecule has 0 radical (unpaired) electrons. The maximum atomic E-state index is 11.9. The lowest BCUT2D eigenvalue weighted by Gasteiger charge is -2.31. The summed E-state index contributed by atoms with van der Waals surface area (Å²) in [6, 6.07) is 5.92. The van der Waals surface area contributed by atoms with E-state index in [1.54, 1.807) is 6.07 Å². The van der Waals surface area contributed by atoms with Gasteiger partial charge in [-0.15, -0.1) is 0 Å². The first kappa shape index (κ1) is 16.4. The summed E-state index contributed by atoms with van der Waals surface area (Å²) in [4.78, 5) is 14.3. The number of hydrogen-bond donors (Lipinski definition) is 2. The minimum absolute atomic E-state index is 0.263. The van der Waals surface area contributed by atoms with E-state index in [-0.39, 0.29) is 5.63 Å². The summed E-state index contributed by atoms with van der Waals surface area (Å²) in [5, 5.41) is 4.22. The molecule has 1 aliphatic rings. The van der Waals surface area contributed by atoms with Crippen LogP contribution in [-0.2, 0) is 12.8 Å². The molecule has 5 heteroatoms. The van der Waals surface area contributed by atoms with E-state index in [0.717, 1.165) is 55.6 Å². The Hall–Kier alpha value is -1.46. The number of likely N-dealkylation sites (N-methyl/N-ethyl adjacent to an activating group) is 1. The van der Waals surface area contributed by atoms with E-state index in [9.17, 15) is 4.79 Å². The van der Waals surface area contributed by atoms with Crippen molar-refractivity contribution in [1.82, 2.24) is 5.32 Å². The Bertz CT molecular complexity index is 742. The molecule has 4 nitrogen and oxygen atoms in total. The van der Waals surface area contributed by atoms with Gasteiger partial charge in [0.1, 0.15) is 5.58 Å². The smallest absolute Gasteiger partial charge is 0.336 e. The molecule has 2 aromatic rings. The van der Waals surface area contributed by atoms with Gasteiger partial charge in [0.15, 0.2) is 0 Å². The fourth-order valence-electron chi connectivity index (χ4n) is 3.34. The topological polar surface area (TPSA) is 45.5 Å². The number of anilines is 1. The Morgan fingerprint density at radius 3 is 3.00 bits per heavy atom. The number of thiol groups is 1. The highest BCUT2D eigenvalue weighted by molar-refractivity contribution is 7.80. The van der Waals surface area contributed by atoms with E-state index in [2.05, 4.69) is 35.0 Å². The molecule has 0 spiro atoms. The molecular weight excluding hydrogens is 308 g/mol. The van der Waals surface area contributed by atoms with Crippen molar-refractivity contribution in [3.05, 3.63) is 39.7 Å². The van der Waals surface area contributed by atoms with Crippen molar-refractivity contribution in [2.75, 3.05) is 37.3 Å². The number of rotatable bonds is 6. The van der Waals surface area contributed by atoms with E-state index < -0.39 is 0 Å². The van der Waals surface area contributed by atoms with Crippen LogP contribution in [-0.4, -0.2) is 32.4 Å². The summed E-state index contributed by atoms with van der Waals surface area (Å²) in [5.41, 5.74) is 4.10. The lowest BCUT2D eigenvalue weighted by atomic mass is 9.97. The van der Waals surface area contributed by atoms with Crippen LogP contribution in [0.25, 0.3) is 11.0 Å². The predicted molar refractivity (Wildman–Crippen MR) is 99.1 cm³/mol. The minimum atomic E-state index is -0.263. The highest BCUT2D eigenvalue weighted by atomic mass is 32.1. The first-order chi connectivity index (χ1) is 11.2. The molecule has 1 aromatic carbocycles. The number of nitrogens with zero attached hydrogens (tertiary/aromatic N) is 1. The summed E-state index contributed by atoms with van der Waals surface area (Å²) >= 11 is 4.32. The van der Waals surface area contributed by atoms with Gasteiger partial charge in [-0.25, -0.2) is 4.79 Å². The molecule has 0 aliphatic carbocycles. The van der Waals surface area contributed by atoms with Crippen LogP contribution in [0.15, 0.2) is 27.4 Å². The average Bonchev–Trinajstić information content (AvgIpc) is 2.56. The van der Waals surface area contributed by atoms with E-state index in [4.69, 9.17) is 4.42 Å². The summed E-state index contributed by atoms with van der Waals surface area (Å²) in [6.07, 6.45) is 4.16. The molecule has 0 unspecified atom stereocenters. The quantitative estimate of drug-likeness (QED) is 0.630. The molecule has 23 heavy (non-hydrogen) atoms. The van der Waals surface area contributed by atoms with Gasteiger partial charge in [0.25, 0.3) is 0 Å². The molecule has 0 saturated heterocycles. The standard InChI is InChI=1S/C18H24N2O2S/c1-19-6-5-13-11-18(21)22-17-12-16-14(10-15(13)17)4-2-7-20(16)8-3-9-23/h10-12,19,23H,2-9H2,1H3. The number of fused-ring (bicyclic) bond motifs is 2. The van der Waals surface area contributed by atoms with Crippen molar-refractivity contribution in [2.24, 2.45) is 0 Å². The van der Waals surface area contributed by atoms with Crippen LogP contribution in [0.5, 0.6) is 0 Å². The van der Waals surface area contributed by atoms with Crippen molar-refractivity contribution in [2.45, 2.75) is 25.7 Å². The third kappa shape index (κ3) is 3.56. The van der Waals surface area contributed by atoms with Crippen LogP contribution in [0.4, 0.5) is 5.69 Å². The monoisotopic (exact) mass is 332 g/mol.